The molecule has 1 N–H and O–H groups in total. The third-order valence-electron chi connectivity index (χ3n) is 3.69. The maximum Gasteiger partial charge on any atom is 0.270 e. The van der Waals surface area contributed by atoms with Crippen molar-refractivity contribution in [1.82, 2.24) is 14.9 Å². The number of carbonyl (C=O) groups is 1. The highest BCUT2D eigenvalue weighted by atomic mass is 32.2. The van der Waals surface area contributed by atoms with Crippen LogP contribution < -0.4 is 5.32 Å². The van der Waals surface area contributed by atoms with Crippen molar-refractivity contribution in [3.05, 3.63) is 66.1 Å². The van der Waals surface area contributed by atoms with Gasteiger partial charge in [0.25, 0.3) is 5.91 Å². The lowest BCUT2D eigenvalue weighted by Gasteiger charge is -2.15. The van der Waals surface area contributed by atoms with E-state index in [2.05, 4.69) is 10.3 Å². The molecule has 0 saturated carbocycles. The predicted molar refractivity (Wildman–Crippen MR) is 94.6 cm³/mol. The molecule has 0 aliphatic rings. The van der Waals surface area contributed by atoms with Crippen LogP contribution in [0, 0.1) is 5.82 Å². The van der Waals surface area contributed by atoms with Gasteiger partial charge in [0, 0.05) is 18.2 Å². The molecule has 130 valence electrons. The van der Waals surface area contributed by atoms with Gasteiger partial charge in [-0.1, -0.05) is 11.8 Å². The molecule has 1 amide bonds. The molecule has 25 heavy (non-hydrogen) atoms. The van der Waals surface area contributed by atoms with Crippen LogP contribution in [0.15, 0.2) is 58.4 Å². The highest BCUT2D eigenvalue weighted by Gasteiger charge is 2.19. The van der Waals surface area contributed by atoms with Gasteiger partial charge in [-0.25, -0.2) is 9.37 Å². The minimum Gasteiger partial charge on any atom is -0.469 e. The standard InChI is InChI=1S/C18H18FN3O2S/c1-12(10-15-4-3-9-24-15)21-17(23)16-11-20-18(25-2)22(16)14-7-5-13(19)6-8-14/h3-9,11-12H,10H2,1-2H3,(H,21,23). The Morgan fingerprint density at radius 1 is 1.36 bits per heavy atom. The molecule has 1 unspecified atom stereocenters. The Kier molecular flexibility index (Phi) is 5.23. The second kappa shape index (κ2) is 7.57. The monoisotopic (exact) mass is 359 g/mol. The molecule has 0 aliphatic heterocycles. The summed E-state index contributed by atoms with van der Waals surface area (Å²) in [5, 5.41) is 3.61. The molecule has 1 atom stereocenters. The second-order valence-electron chi connectivity index (χ2n) is 5.60. The molecule has 0 fully saturated rings. The lowest BCUT2D eigenvalue weighted by molar-refractivity contribution is 0.0932. The molecule has 1 aromatic carbocycles. The zero-order valence-corrected chi connectivity index (χ0v) is 14.7. The van der Waals surface area contributed by atoms with E-state index in [0.717, 1.165) is 5.76 Å². The van der Waals surface area contributed by atoms with Crippen LogP contribution in [0.1, 0.15) is 23.2 Å². The van der Waals surface area contributed by atoms with Crippen molar-refractivity contribution in [1.29, 1.82) is 0 Å². The highest BCUT2D eigenvalue weighted by molar-refractivity contribution is 7.98. The zero-order valence-electron chi connectivity index (χ0n) is 13.9. The third-order valence-corrected chi connectivity index (χ3v) is 4.35. The van der Waals surface area contributed by atoms with Crippen molar-refractivity contribution in [3.63, 3.8) is 0 Å². The fraction of sp³-hybridized carbons (Fsp3) is 0.222. The van der Waals surface area contributed by atoms with Crippen LogP contribution in [0.2, 0.25) is 0 Å². The van der Waals surface area contributed by atoms with Gasteiger partial charge in [-0.05, 0) is 49.6 Å². The molecule has 0 aliphatic carbocycles. The lowest BCUT2D eigenvalue weighted by atomic mass is 10.2. The van der Waals surface area contributed by atoms with Crippen molar-refractivity contribution >= 4 is 17.7 Å². The van der Waals surface area contributed by atoms with E-state index in [-0.39, 0.29) is 17.8 Å². The topological polar surface area (TPSA) is 60.1 Å². The van der Waals surface area contributed by atoms with E-state index in [1.54, 1.807) is 23.0 Å². The van der Waals surface area contributed by atoms with E-state index in [4.69, 9.17) is 4.42 Å². The van der Waals surface area contributed by atoms with Gasteiger partial charge in [0.15, 0.2) is 5.16 Å². The first kappa shape index (κ1) is 17.3. The first-order chi connectivity index (χ1) is 12.1. The summed E-state index contributed by atoms with van der Waals surface area (Å²) in [6, 6.07) is 9.56. The Hall–Kier alpha value is -2.54. The fourth-order valence-electron chi connectivity index (χ4n) is 2.56. The molecule has 0 spiro atoms. The number of amides is 1. The number of halogens is 1. The molecule has 7 heteroatoms. The van der Waals surface area contributed by atoms with Crippen molar-refractivity contribution in [2.75, 3.05) is 6.26 Å². The summed E-state index contributed by atoms with van der Waals surface area (Å²) in [5.41, 5.74) is 1.09. The summed E-state index contributed by atoms with van der Waals surface area (Å²) in [5.74, 6) is 0.244. The average molecular weight is 359 g/mol. The first-order valence-corrected chi connectivity index (χ1v) is 9.02. The quantitative estimate of drug-likeness (QED) is 0.682. The van der Waals surface area contributed by atoms with Crippen LogP contribution in [-0.2, 0) is 6.42 Å². The zero-order chi connectivity index (χ0) is 17.8. The molecule has 0 radical (unpaired) electrons. The molecule has 0 saturated heterocycles. The van der Waals surface area contributed by atoms with Crippen LogP contribution in [0.4, 0.5) is 4.39 Å². The third kappa shape index (κ3) is 3.93. The average Bonchev–Trinajstić information content (AvgIpc) is 3.24. The second-order valence-corrected chi connectivity index (χ2v) is 6.37. The highest BCUT2D eigenvalue weighted by Crippen LogP contribution is 2.22. The van der Waals surface area contributed by atoms with Gasteiger partial charge in [-0.2, -0.15) is 0 Å². The number of hydrogen-bond acceptors (Lipinski definition) is 4. The Morgan fingerprint density at radius 2 is 2.12 bits per heavy atom. The SMILES string of the molecule is CSc1ncc(C(=O)NC(C)Cc2ccco2)n1-c1ccc(F)cc1. The number of imidazole rings is 1. The van der Waals surface area contributed by atoms with Gasteiger partial charge in [0.2, 0.25) is 0 Å². The fourth-order valence-corrected chi connectivity index (χ4v) is 3.10. The molecule has 3 rings (SSSR count). The molecule has 5 nitrogen and oxygen atoms in total. The number of furan rings is 1. The van der Waals surface area contributed by atoms with E-state index < -0.39 is 0 Å². The van der Waals surface area contributed by atoms with Crippen molar-refractivity contribution in [2.24, 2.45) is 0 Å². The van der Waals surface area contributed by atoms with E-state index in [1.165, 1.54) is 30.1 Å². The van der Waals surface area contributed by atoms with Crippen molar-refractivity contribution in [3.8, 4) is 5.69 Å². The molecule has 2 aromatic heterocycles. The number of benzene rings is 1. The van der Waals surface area contributed by atoms with Crippen LogP contribution in [-0.4, -0.2) is 27.8 Å². The number of nitrogens with one attached hydrogen (secondary N) is 1. The predicted octanol–water partition coefficient (Wildman–Crippen LogP) is 3.69. The van der Waals surface area contributed by atoms with Gasteiger partial charge in [-0.3, -0.25) is 9.36 Å². The number of carbonyl (C=O) groups excluding carboxylic acids is 1. The summed E-state index contributed by atoms with van der Waals surface area (Å²) < 4.78 is 20.2. The summed E-state index contributed by atoms with van der Waals surface area (Å²) in [7, 11) is 0. The van der Waals surface area contributed by atoms with Crippen LogP contribution in [0.5, 0.6) is 0 Å². The Morgan fingerprint density at radius 3 is 2.76 bits per heavy atom. The van der Waals surface area contributed by atoms with E-state index in [9.17, 15) is 9.18 Å². The Balaban J connectivity index is 1.82. The lowest BCUT2D eigenvalue weighted by Crippen LogP contribution is -2.35. The number of hydrogen-bond donors (Lipinski definition) is 1. The van der Waals surface area contributed by atoms with Crippen LogP contribution in [0.3, 0.4) is 0 Å². The largest absolute Gasteiger partial charge is 0.469 e. The van der Waals surface area contributed by atoms with Crippen molar-refractivity contribution in [2.45, 2.75) is 24.5 Å². The summed E-state index contributed by atoms with van der Waals surface area (Å²) >= 11 is 1.42. The molecule has 2 heterocycles. The van der Waals surface area contributed by atoms with Crippen LogP contribution in [0.25, 0.3) is 5.69 Å². The number of aromatic nitrogens is 2. The maximum absolute atomic E-state index is 13.2. The van der Waals surface area contributed by atoms with Gasteiger partial charge in [0.1, 0.15) is 17.3 Å². The summed E-state index contributed by atoms with van der Waals surface area (Å²) in [6.45, 7) is 1.91. The van der Waals surface area contributed by atoms with Crippen LogP contribution >= 0.6 is 11.8 Å². The molecular weight excluding hydrogens is 341 g/mol. The van der Waals surface area contributed by atoms with Gasteiger partial charge < -0.3 is 9.73 Å². The summed E-state index contributed by atoms with van der Waals surface area (Å²) in [6.07, 6.45) is 5.62. The van der Waals surface area contributed by atoms with E-state index >= 15 is 0 Å². The van der Waals surface area contributed by atoms with Gasteiger partial charge in [0.05, 0.1) is 12.5 Å². The maximum atomic E-state index is 13.2. The Labute approximate surface area is 149 Å². The number of thioether (sulfide) groups is 1. The minimum atomic E-state index is -0.326. The first-order valence-electron chi connectivity index (χ1n) is 7.79. The van der Waals surface area contributed by atoms with Gasteiger partial charge >= 0.3 is 0 Å². The smallest absolute Gasteiger partial charge is 0.270 e. The molecular formula is C18H18FN3O2S. The Bertz CT molecular complexity index is 844. The molecule has 3 aromatic rings. The minimum absolute atomic E-state index is 0.104. The van der Waals surface area contributed by atoms with Crippen molar-refractivity contribution < 1.29 is 13.6 Å². The summed E-state index contributed by atoms with van der Waals surface area (Å²) in [4.78, 5) is 17.0. The van der Waals surface area contributed by atoms with E-state index in [0.29, 0.717) is 23.0 Å². The number of rotatable bonds is 6. The van der Waals surface area contributed by atoms with Gasteiger partial charge in [-0.15, -0.1) is 0 Å². The number of nitrogens with zero attached hydrogens (tertiary/aromatic N) is 2. The molecule has 0 bridgehead atoms. The normalized spacial score (nSPS) is 12.1. The van der Waals surface area contributed by atoms with E-state index in [1.807, 2.05) is 25.3 Å².